The van der Waals surface area contributed by atoms with Crippen LogP contribution in [0.2, 0.25) is 0 Å². The van der Waals surface area contributed by atoms with E-state index >= 15 is 0 Å². The molecule has 1 aromatic carbocycles. The Balaban J connectivity index is 1.50. The van der Waals surface area contributed by atoms with E-state index in [1.165, 1.54) is 0 Å². The average Bonchev–Trinajstić information content (AvgIpc) is 3.12. The number of carbonyl (C=O) groups excluding carboxylic acids is 1. The molecule has 4 rings (SSSR count). The van der Waals surface area contributed by atoms with Crippen LogP contribution in [0.4, 0.5) is 11.6 Å². The first-order chi connectivity index (χ1) is 17.3. The zero-order valence-corrected chi connectivity index (χ0v) is 21.6. The highest BCUT2D eigenvalue weighted by Gasteiger charge is 2.25. The SMILES string of the molecule is CCNC(=O)c1cc(N2CCC(Oc3cc(C)cc4c3c(N)nn4C)CC2)nc(OC(C)COC)n1. The summed E-state index contributed by atoms with van der Waals surface area (Å²) < 4.78 is 19.2. The topological polar surface area (TPSA) is 130 Å². The summed E-state index contributed by atoms with van der Waals surface area (Å²) in [7, 11) is 3.49. The Morgan fingerprint density at radius 2 is 2.00 bits per heavy atom. The van der Waals surface area contributed by atoms with Gasteiger partial charge in [0, 0.05) is 52.7 Å². The van der Waals surface area contributed by atoms with Crippen molar-refractivity contribution in [3.63, 3.8) is 0 Å². The predicted molar refractivity (Wildman–Crippen MR) is 138 cm³/mol. The van der Waals surface area contributed by atoms with E-state index in [2.05, 4.69) is 31.3 Å². The number of amides is 1. The zero-order valence-electron chi connectivity index (χ0n) is 21.6. The monoisotopic (exact) mass is 497 g/mol. The third-order valence-electron chi connectivity index (χ3n) is 6.12. The number of nitrogens with one attached hydrogen (secondary N) is 1. The lowest BCUT2D eigenvalue weighted by molar-refractivity contribution is 0.0843. The highest BCUT2D eigenvalue weighted by Crippen LogP contribution is 2.34. The number of benzene rings is 1. The first-order valence-corrected chi connectivity index (χ1v) is 12.3. The number of nitrogens with zero attached hydrogens (tertiary/aromatic N) is 5. The number of methoxy groups -OCH3 is 1. The van der Waals surface area contributed by atoms with Crippen molar-refractivity contribution in [2.24, 2.45) is 7.05 Å². The second-order valence-electron chi connectivity index (χ2n) is 9.11. The van der Waals surface area contributed by atoms with Crippen LogP contribution in [0.15, 0.2) is 18.2 Å². The molecule has 1 unspecified atom stereocenters. The molecule has 1 saturated heterocycles. The molecule has 1 atom stereocenters. The first-order valence-electron chi connectivity index (χ1n) is 12.3. The fraction of sp³-hybridized carbons (Fsp3) is 0.520. The van der Waals surface area contributed by atoms with Gasteiger partial charge in [-0.15, -0.1) is 0 Å². The number of piperidine rings is 1. The van der Waals surface area contributed by atoms with Gasteiger partial charge in [-0.1, -0.05) is 0 Å². The van der Waals surface area contributed by atoms with E-state index in [0.29, 0.717) is 37.9 Å². The van der Waals surface area contributed by atoms with Crippen LogP contribution in [0, 0.1) is 6.92 Å². The van der Waals surface area contributed by atoms with Gasteiger partial charge in [0.1, 0.15) is 29.5 Å². The first kappa shape index (κ1) is 25.5. The minimum atomic E-state index is -0.263. The molecule has 36 heavy (non-hydrogen) atoms. The van der Waals surface area contributed by atoms with E-state index in [4.69, 9.17) is 19.9 Å². The molecule has 0 aliphatic carbocycles. The summed E-state index contributed by atoms with van der Waals surface area (Å²) in [6.07, 6.45) is 1.34. The van der Waals surface area contributed by atoms with E-state index in [9.17, 15) is 4.79 Å². The molecule has 11 heteroatoms. The van der Waals surface area contributed by atoms with Gasteiger partial charge in [0.25, 0.3) is 5.91 Å². The van der Waals surface area contributed by atoms with Crippen molar-refractivity contribution < 1.29 is 19.0 Å². The molecule has 0 spiro atoms. The minimum absolute atomic E-state index is 0.0213. The molecule has 3 N–H and O–H groups in total. The normalized spacial score (nSPS) is 15.2. The minimum Gasteiger partial charge on any atom is -0.489 e. The van der Waals surface area contributed by atoms with Gasteiger partial charge in [-0.2, -0.15) is 15.1 Å². The molecule has 0 radical (unpaired) electrons. The highest BCUT2D eigenvalue weighted by atomic mass is 16.5. The number of aryl methyl sites for hydroxylation is 2. The van der Waals surface area contributed by atoms with E-state index in [1.807, 2.05) is 33.9 Å². The molecule has 1 aliphatic heterocycles. The number of carbonyl (C=O) groups is 1. The van der Waals surface area contributed by atoms with Crippen molar-refractivity contribution in [1.29, 1.82) is 0 Å². The molecule has 1 aliphatic rings. The Bertz CT molecular complexity index is 1220. The Kier molecular flexibility index (Phi) is 7.78. The molecule has 1 amide bonds. The van der Waals surface area contributed by atoms with Gasteiger partial charge in [0.15, 0.2) is 5.82 Å². The number of ether oxygens (including phenoxy) is 3. The van der Waals surface area contributed by atoms with Gasteiger partial charge in [-0.25, -0.2) is 0 Å². The molecule has 1 fully saturated rings. The van der Waals surface area contributed by atoms with Crippen LogP contribution in [-0.4, -0.2) is 71.2 Å². The molecule has 194 valence electrons. The molecular weight excluding hydrogens is 462 g/mol. The number of fused-ring (bicyclic) bond motifs is 1. The van der Waals surface area contributed by atoms with Crippen molar-refractivity contribution in [1.82, 2.24) is 25.1 Å². The van der Waals surface area contributed by atoms with Crippen molar-refractivity contribution in [2.75, 3.05) is 44.0 Å². The van der Waals surface area contributed by atoms with Crippen LogP contribution >= 0.6 is 0 Å². The van der Waals surface area contributed by atoms with E-state index in [1.54, 1.807) is 17.9 Å². The van der Waals surface area contributed by atoms with Gasteiger partial charge in [-0.3, -0.25) is 9.48 Å². The van der Waals surface area contributed by atoms with E-state index in [0.717, 1.165) is 35.1 Å². The third kappa shape index (κ3) is 5.62. The van der Waals surface area contributed by atoms with Gasteiger partial charge in [0.2, 0.25) is 0 Å². The van der Waals surface area contributed by atoms with Crippen LogP contribution in [-0.2, 0) is 11.8 Å². The Morgan fingerprint density at radius 3 is 2.69 bits per heavy atom. The van der Waals surface area contributed by atoms with E-state index in [-0.39, 0.29) is 29.8 Å². The summed E-state index contributed by atoms with van der Waals surface area (Å²) in [4.78, 5) is 23.6. The van der Waals surface area contributed by atoms with Gasteiger partial charge < -0.3 is 30.2 Å². The zero-order chi connectivity index (χ0) is 25.8. The smallest absolute Gasteiger partial charge is 0.319 e. The summed E-state index contributed by atoms with van der Waals surface area (Å²) >= 11 is 0. The Morgan fingerprint density at radius 1 is 1.25 bits per heavy atom. The molecule has 2 aromatic heterocycles. The van der Waals surface area contributed by atoms with E-state index < -0.39 is 0 Å². The van der Waals surface area contributed by atoms with Gasteiger partial charge in [0.05, 0.1) is 17.5 Å². The molecule has 3 heterocycles. The molecule has 3 aromatic rings. The van der Waals surface area contributed by atoms with Crippen LogP contribution < -0.4 is 25.4 Å². The lowest BCUT2D eigenvalue weighted by Crippen LogP contribution is -2.39. The second kappa shape index (κ2) is 11.0. The summed E-state index contributed by atoms with van der Waals surface area (Å²) in [5, 5.41) is 7.99. The van der Waals surface area contributed by atoms with Crippen LogP contribution in [0.25, 0.3) is 10.9 Å². The molecular formula is C25H35N7O4. The maximum atomic E-state index is 12.5. The summed E-state index contributed by atoms with van der Waals surface area (Å²) in [5.74, 6) is 1.62. The van der Waals surface area contributed by atoms with Gasteiger partial charge in [-0.05, 0) is 38.5 Å². The van der Waals surface area contributed by atoms with Crippen LogP contribution in [0.1, 0.15) is 42.7 Å². The number of anilines is 2. The van der Waals surface area contributed by atoms with Crippen molar-refractivity contribution in [2.45, 2.75) is 45.8 Å². The molecule has 0 bridgehead atoms. The maximum Gasteiger partial charge on any atom is 0.319 e. The predicted octanol–water partition coefficient (Wildman–Crippen LogP) is 2.47. The number of nitrogens with two attached hydrogens (primary N) is 1. The Hall–Kier alpha value is -3.60. The largest absolute Gasteiger partial charge is 0.489 e. The standard InChI is InChI=1S/C25H35N7O4/c1-6-27-24(33)18-13-21(29-25(28-18)35-16(3)14-34-5)32-9-7-17(8-10-32)36-20-12-15(2)11-19-22(20)23(26)30-31(19)4/h11-13,16-17H,6-10,14H2,1-5H3,(H2,26,30)(H,27,33). The van der Waals surface area contributed by atoms with Crippen molar-refractivity contribution >= 4 is 28.4 Å². The van der Waals surface area contributed by atoms with Crippen molar-refractivity contribution in [3.8, 4) is 11.8 Å². The lowest BCUT2D eigenvalue weighted by Gasteiger charge is -2.33. The van der Waals surface area contributed by atoms with Gasteiger partial charge >= 0.3 is 6.01 Å². The number of nitrogen functional groups attached to an aromatic ring is 1. The summed E-state index contributed by atoms with van der Waals surface area (Å²) in [5.41, 5.74) is 8.49. The quantitative estimate of drug-likeness (QED) is 0.458. The summed E-state index contributed by atoms with van der Waals surface area (Å²) in [6, 6.07) is 5.94. The number of hydrogen-bond acceptors (Lipinski definition) is 9. The molecule has 0 saturated carbocycles. The maximum absolute atomic E-state index is 12.5. The second-order valence-corrected chi connectivity index (χ2v) is 9.11. The lowest BCUT2D eigenvalue weighted by atomic mass is 10.1. The Labute approximate surface area is 210 Å². The number of rotatable bonds is 9. The van der Waals surface area contributed by atoms with Crippen molar-refractivity contribution in [3.05, 3.63) is 29.5 Å². The third-order valence-corrected chi connectivity index (χ3v) is 6.12. The average molecular weight is 498 g/mol. The molecule has 11 nitrogen and oxygen atoms in total. The van der Waals surface area contributed by atoms with Crippen LogP contribution in [0.5, 0.6) is 11.8 Å². The number of aromatic nitrogens is 4. The fourth-order valence-corrected chi connectivity index (χ4v) is 4.43. The summed E-state index contributed by atoms with van der Waals surface area (Å²) in [6.45, 7) is 8.08. The highest BCUT2D eigenvalue weighted by molar-refractivity contribution is 5.95. The number of hydrogen-bond donors (Lipinski definition) is 2. The van der Waals surface area contributed by atoms with Crippen LogP contribution in [0.3, 0.4) is 0 Å². The fourth-order valence-electron chi connectivity index (χ4n) is 4.43.